The van der Waals surface area contributed by atoms with Crippen molar-refractivity contribution < 1.29 is 23.1 Å². The summed E-state index contributed by atoms with van der Waals surface area (Å²) in [6.45, 7) is 0. The Bertz CT molecular complexity index is 580. The van der Waals surface area contributed by atoms with Crippen molar-refractivity contribution in [3.8, 4) is 0 Å². The van der Waals surface area contributed by atoms with E-state index in [1.807, 2.05) is 0 Å². The van der Waals surface area contributed by atoms with Crippen molar-refractivity contribution >= 4 is 35.9 Å². The van der Waals surface area contributed by atoms with Crippen LogP contribution in [0.4, 0.5) is 13.2 Å². The molecule has 0 aliphatic rings. The molecular weight excluding hydrogens is 244 g/mol. The van der Waals surface area contributed by atoms with Crippen LogP contribution in [0.1, 0.15) is 11.4 Å². The van der Waals surface area contributed by atoms with Crippen molar-refractivity contribution in [2.75, 3.05) is 0 Å². The van der Waals surface area contributed by atoms with E-state index >= 15 is 0 Å². The van der Waals surface area contributed by atoms with Crippen LogP contribution in [0.15, 0.2) is 18.2 Å². The van der Waals surface area contributed by atoms with Crippen LogP contribution in [0.3, 0.4) is 0 Å². The van der Waals surface area contributed by atoms with Crippen LogP contribution in [-0.2, 0) is 17.4 Å². The number of imidazole rings is 1. The van der Waals surface area contributed by atoms with Gasteiger partial charge in [-0.05, 0) is 18.2 Å². The van der Waals surface area contributed by atoms with Gasteiger partial charge in [-0.25, -0.2) is 4.98 Å². The van der Waals surface area contributed by atoms with Crippen LogP contribution in [0.5, 0.6) is 0 Å². The van der Waals surface area contributed by atoms with Gasteiger partial charge in [0, 0.05) is 0 Å². The zero-order valence-electron chi connectivity index (χ0n) is 8.38. The normalized spacial score (nSPS) is 11.3. The Morgan fingerprint density at radius 3 is 2.61 bits per heavy atom. The number of carbonyl (C=O) groups is 1. The second-order valence-electron chi connectivity index (χ2n) is 3.48. The zero-order chi connectivity index (χ0) is 12.6. The summed E-state index contributed by atoms with van der Waals surface area (Å²) in [6.07, 6.45) is -4.78. The Labute approximate surface area is 111 Å². The van der Waals surface area contributed by atoms with Gasteiger partial charge in [0.2, 0.25) is 0 Å². The predicted octanol–water partition coefficient (Wildman–Crippen LogP) is 1.56. The van der Waals surface area contributed by atoms with Crippen LogP contribution in [0.25, 0.3) is 11.0 Å². The average Bonchev–Trinajstić information content (AvgIpc) is 2.55. The molecule has 0 radical (unpaired) electrons. The fraction of sp³-hybridized carbons (Fsp3) is 0.200. The number of aliphatic carboxylic acids is 1. The van der Waals surface area contributed by atoms with Crippen LogP contribution in [0.2, 0.25) is 0 Å². The summed E-state index contributed by atoms with van der Waals surface area (Å²) in [5.41, 5.74) is -0.316. The molecule has 1 aromatic carbocycles. The molecule has 0 atom stereocenters. The van der Waals surface area contributed by atoms with Gasteiger partial charge in [-0.2, -0.15) is 13.2 Å². The van der Waals surface area contributed by atoms with Gasteiger partial charge in [-0.3, -0.25) is 4.79 Å². The minimum atomic E-state index is -4.43. The summed E-state index contributed by atoms with van der Waals surface area (Å²) < 4.78 is 37.2. The third kappa shape index (κ3) is 3.06. The molecule has 2 aromatic rings. The van der Waals surface area contributed by atoms with Gasteiger partial charge in [0.25, 0.3) is 0 Å². The fourth-order valence-corrected chi connectivity index (χ4v) is 1.46. The molecule has 0 saturated heterocycles. The Kier molecular flexibility index (Phi) is 4.09. The first-order valence-corrected chi connectivity index (χ1v) is 4.64. The molecule has 1 heterocycles. The SMILES string of the molecule is O=C(O)Cc1nc2cc(C(F)(F)F)ccc2[nH]1.[LiH]. The average molecular weight is 252 g/mol. The summed E-state index contributed by atoms with van der Waals surface area (Å²) in [7, 11) is 0. The maximum absolute atomic E-state index is 12.4. The predicted molar refractivity (Wildman–Crippen MR) is 59.6 cm³/mol. The molecule has 0 bridgehead atoms. The number of H-pyrrole nitrogens is 1. The standard InChI is InChI=1S/C10H7F3N2O2.Li.H/c11-10(12,13)5-1-2-6-7(3-5)15-8(14-6)4-9(16)17;;/h1-3H,4H2,(H,14,15)(H,16,17);;. The van der Waals surface area contributed by atoms with Crippen molar-refractivity contribution in [1.29, 1.82) is 0 Å². The number of fused-ring (bicyclic) bond motifs is 1. The number of rotatable bonds is 2. The van der Waals surface area contributed by atoms with Crippen molar-refractivity contribution in [3.63, 3.8) is 0 Å². The number of alkyl halides is 3. The molecule has 18 heavy (non-hydrogen) atoms. The van der Waals surface area contributed by atoms with E-state index in [0.29, 0.717) is 5.52 Å². The van der Waals surface area contributed by atoms with E-state index < -0.39 is 17.7 Å². The van der Waals surface area contributed by atoms with Crippen molar-refractivity contribution in [3.05, 3.63) is 29.6 Å². The maximum atomic E-state index is 12.4. The molecule has 92 valence electrons. The van der Waals surface area contributed by atoms with E-state index in [0.717, 1.165) is 12.1 Å². The number of carboxylic acid groups (broad SMARTS) is 1. The molecular formula is C10H8F3LiN2O2. The number of benzene rings is 1. The van der Waals surface area contributed by atoms with Gasteiger partial charge in [-0.15, -0.1) is 0 Å². The van der Waals surface area contributed by atoms with Crippen molar-refractivity contribution in [2.24, 2.45) is 0 Å². The molecule has 0 amide bonds. The third-order valence-electron chi connectivity index (χ3n) is 2.18. The Hall–Kier alpha value is -1.45. The van der Waals surface area contributed by atoms with Gasteiger partial charge in [0.05, 0.1) is 16.6 Å². The summed E-state index contributed by atoms with van der Waals surface area (Å²) in [5, 5.41) is 8.54. The number of halogens is 3. The minimum absolute atomic E-state index is 0. The number of aromatic nitrogens is 2. The molecule has 0 aliphatic heterocycles. The van der Waals surface area contributed by atoms with E-state index in [1.165, 1.54) is 6.07 Å². The number of hydrogen-bond donors (Lipinski definition) is 2. The topological polar surface area (TPSA) is 66.0 Å². The number of nitrogens with one attached hydrogen (secondary N) is 1. The van der Waals surface area contributed by atoms with E-state index in [4.69, 9.17) is 5.11 Å². The second kappa shape index (κ2) is 5.04. The number of carboxylic acids is 1. The van der Waals surface area contributed by atoms with Crippen LogP contribution < -0.4 is 0 Å². The number of hydrogen-bond acceptors (Lipinski definition) is 2. The summed E-state index contributed by atoms with van der Waals surface area (Å²) in [5.74, 6) is -0.966. The zero-order valence-corrected chi connectivity index (χ0v) is 8.38. The Morgan fingerprint density at radius 2 is 2.06 bits per heavy atom. The van der Waals surface area contributed by atoms with Crippen LogP contribution >= 0.6 is 0 Å². The van der Waals surface area contributed by atoms with Gasteiger partial charge in [-0.1, -0.05) is 0 Å². The molecule has 0 unspecified atom stereocenters. The fourth-order valence-electron chi connectivity index (χ4n) is 1.46. The summed E-state index contributed by atoms with van der Waals surface area (Å²) in [4.78, 5) is 16.9. The van der Waals surface area contributed by atoms with Crippen molar-refractivity contribution in [2.45, 2.75) is 12.6 Å². The molecule has 2 N–H and O–H groups in total. The molecule has 8 heteroatoms. The molecule has 0 saturated carbocycles. The number of nitrogens with zero attached hydrogens (tertiary/aromatic N) is 1. The van der Waals surface area contributed by atoms with E-state index in [1.54, 1.807) is 0 Å². The second-order valence-corrected chi connectivity index (χ2v) is 3.48. The quantitative estimate of drug-likeness (QED) is 0.797. The Morgan fingerprint density at radius 1 is 1.39 bits per heavy atom. The first kappa shape index (κ1) is 14.6. The first-order valence-electron chi connectivity index (χ1n) is 4.64. The molecule has 2 rings (SSSR count). The van der Waals surface area contributed by atoms with Crippen molar-refractivity contribution in [1.82, 2.24) is 9.97 Å². The summed E-state index contributed by atoms with van der Waals surface area (Å²) in [6, 6.07) is 3.04. The number of aromatic amines is 1. The van der Waals surface area contributed by atoms with Gasteiger partial charge < -0.3 is 10.1 Å². The van der Waals surface area contributed by atoms with Gasteiger partial charge in [0.1, 0.15) is 12.2 Å². The van der Waals surface area contributed by atoms with Gasteiger partial charge >= 0.3 is 31.0 Å². The van der Waals surface area contributed by atoms with Crippen LogP contribution in [0, 0.1) is 0 Å². The summed E-state index contributed by atoms with van der Waals surface area (Å²) >= 11 is 0. The first-order chi connectivity index (χ1) is 7.86. The molecule has 0 spiro atoms. The molecule has 1 aromatic heterocycles. The van der Waals surface area contributed by atoms with E-state index in [9.17, 15) is 18.0 Å². The van der Waals surface area contributed by atoms with Crippen LogP contribution in [-0.4, -0.2) is 39.9 Å². The third-order valence-corrected chi connectivity index (χ3v) is 2.18. The van der Waals surface area contributed by atoms with Gasteiger partial charge in [0.15, 0.2) is 0 Å². The molecule has 0 aliphatic carbocycles. The molecule has 0 fully saturated rings. The van der Waals surface area contributed by atoms with E-state index in [2.05, 4.69) is 9.97 Å². The molecule has 4 nitrogen and oxygen atoms in total. The monoisotopic (exact) mass is 252 g/mol. The Balaban J connectivity index is 0.00000162. The van der Waals surface area contributed by atoms with E-state index in [-0.39, 0.29) is 36.6 Å².